The molecule has 5 heteroatoms. The first-order valence-corrected chi connectivity index (χ1v) is 7.22. The summed E-state index contributed by atoms with van der Waals surface area (Å²) in [7, 11) is 0. The molecule has 2 aromatic rings. The highest BCUT2D eigenvalue weighted by Crippen LogP contribution is 2.26. The number of anilines is 1. The lowest BCUT2D eigenvalue weighted by Crippen LogP contribution is -2.08. The molecule has 1 unspecified atom stereocenters. The van der Waals surface area contributed by atoms with Crippen molar-refractivity contribution < 1.29 is 8.78 Å². The lowest BCUT2D eigenvalue weighted by molar-refractivity contribution is 0.599. The normalized spacial score (nSPS) is 12.3. The fourth-order valence-corrected chi connectivity index (χ4v) is 2.35. The molecule has 1 nitrogen and oxygen atoms in total. The summed E-state index contributed by atoms with van der Waals surface area (Å²) in [6.07, 6.45) is 0. The molecule has 0 radical (unpaired) electrons. The van der Waals surface area contributed by atoms with Gasteiger partial charge in [-0.2, -0.15) is 0 Å². The molecule has 0 heterocycles. The third-order valence-electron chi connectivity index (χ3n) is 2.73. The molecule has 0 aliphatic carbocycles. The average Bonchev–Trinajstić information content (AvgIpc) is 2.33. The Balaban J connectivity index is 2.20. The molecule has 0 bridgehead atoms. The van der Waals surface area contributed by atoms with Crippen LogP contribution in [0.25, 0.3) is 0 Å². The maximum absolute atomic E-state index is 13.8. The molecule has 0 saturated heterocycles. The number of halogens is 4. The number of hydrogen-bond acceptors (Lipinski definition) is 1. The van der Waals surface area contributed by atoms with Gasteiger partial charge in [0.1, 0.15) is 11.6 Å². The largest absolute Gasteiger partial charge is 0.378 e. The van der Waals surface area contributed by atoms with Crippen LogP contribution >= 0.6 is 31.9 Å². The van der Waals surface area contributed by atoms with Gasteiger partial charge in [0.05, 0.1) is 10.5 Å². The van der Waals surface area contributed by atoms with Crippen molar-refractivity contribution in [3.8, 4) is 0 Å². The Kier molecular flexibility index (Phi) is 4.58. The van der Waals surface area contributed by atoms with Crippen molar-refractivity contribution >= 4 is 37.5 Å². The van der Waals surface area contributed by atoms with Crippen molar-refractivity contribution in [1.82, 2.24) is 0 Å². The smallest absolute Gasteiger partial charge is 0.139 e. The average molecular weight is 391 g/mol. The molecular weight excluding hydrogens is 380 g/mol. The van der Waals surface area contributed by atoms with Crippen molar-refractivity contribution in [2.75, 3.05) is 5.32 Å². The van der Waals surface area contributed by atoms with E-state index < -0.39 is 0 Å². The van der Waals surface area contributed by atoms with Crippen LogP contribution in [0.15, 0.2) is 45.3 Å². The minimum absolute atomic E-state index is 0.256. The van der Waals surface area contributed by atoms with E-state index in [4.69, 9.17) is 0 Å². The lowest BCUT2D eigenvalue weighted by Gasteiger charge is -2.17. The van der Waals surface area contributed by atoms with Crippen LogP contribution in [0.4, 0.5) is 14.5 Å². The molecule has 1 atom stereocenters. The minimum Gasteiger partial charge on any atom is -0.378 e. The Hall–Kier alpha value is -0.940. The quantitative estimate of drug-likeness (QED) is 0.712. The minimum atomic E-state index is -0.353. The van der Waals surface area contributed by atoms with E-state index in [9.17, 15) is 8.78 Å². The molecule has 2 aromatic carbocycles. The van der Waals surface area contributed by atoms with Crippen LogP contribution in [0.5, 0.6) is 0 Å². The number of rotatable bonds is 3. The SMILES string of the molecule is CC(Nc1ccc(Br)c(F)c1)c1ccc(Br)cc1F. The predicted octanol–water partition coefficient (Wildman–Crippen LogP) is 5.66. The van der Waals surface area contributed by atoms with Gasteiger partial charge in [0.15, 0.2) is 0 Å². The Bertz CT molecular complexity index is 602. The highest BCUT2D eigenvalue weighted by molar-refractivity contribution is 9.10. The molecule has 0 aliphatic rings. The van der Waals surface area contributed by atoms with Crippen LogP contribution in [0, 0.1) is 11.6 Å². The summed E-state index contributed by atoms with van der Waals surface area (Å²) in [5.41, 5.74) is 1.14. The predicted molar refractivity (Wildman–Crippen MR) is 80.2 cm³/mol. The summed E-state index contributed by atoms with van der Waals surface area (Å²) in [6.45, 7) is 1.83. The summed E-state index contributed by atoms with van der Waals surface area (Å²) in [6, 6.07) is 9.36. The van der Waals surface area contributed by atoms with Gasteiger partial charge in [-0.15, -0.1) is 0 Å². The van der Waals surface area contributed by atoms with Crippen LogP contribution in [-0.2, 0) is 0 Å². The molecule has 0 aliphatic heterocycles. The summed E-state index contributed by atoms with van der Waals surface area (Å²) >= 11 is 6.31. The first kappa shape index (κ1) is 14.5. The molecular formula is C14H11Br2F2N. The van der Waals surface area contributed by atoms with E-state index in [1.807, 2.05) is 6.92 Å². The Morgan fingerprint density at radius 1 is 1.00 bits per heavy atom. The molecule has 0 aromatic heterocycles. The van der Waals surface area contributed by atoms with Crippen molar-refractivity contribution in [1.29, 1.82) is 0 Å². The second-order valence-corrected chi connectivity index (χ2v) is 5.93. The molecule has 2 rings (SSSR count). The Morgan fingerprint density at radius 2 is 1.74 bits per heavy atom. The van der Waals surface area contributed by atoms with Gasteiger partial charge in [0.25, 0.3) is 0 Å². The number of nitrogens with one attached hydrogen (secondary N) is 1. The van der Waals surface area contributed by atoms with Gasteiger partial charge in [0, 0.05) is 15.7 Å². The Morgan fingerprint density at radius 3 is 2.37 bits per heavy atom. The highest BCUT2D eigenvalue weighted by atomic mass is 79.9. The third kappa shape index (κ3) is 3.54. The first-order chi connectivity index (χ1) is 8.97. The van der Waals surface area contributed by atoms with Gasteiger partial charge in [-0.3, -0.25) is 0 Å². The standard InChI is InChI=1S/C14H11Br2F2N/c1-8(11-4-2-9(15)6-13(11)17)19-10-3-5-12(16)14(18)7-10/h2-8,19H,1H3. The van der Waals surface area contributed by atoms with Gasteiger partial charge >= 0.3 is 0 Å². The summed E-state index contributed by atoms with van der Waals surface area (Å²) < 4.78 is 28.3. The van der Waals surface area contributed by atoms with Crippen molar-refractivity contribution in [2.24, 2.45) is 0 Å². The zero-order valence-electron chi connectivity index (χ0n) is 10.1. The van der Waals surface area contributed by atoms with E-state index >= 15 is 0 Å². The van der Waals surface area contributed by atoms with Crippen LogP contribution in [0.3, 0.4) is 0 Å². The van der Waals surface area contributed by atoms with Gasteiger partial charge in [-0.1, -0.05) is 22.0 Å². The maximum Gasteiger partial charge on any atom is 0.139 e. The van der Waals surface area contributed by atoms with Crippen molar-refractivity contribution in [3.63, 3.8) is 0 Å². The molecule has 1 N–H and O–H groups in total. The molecule has 19 heavy (non-hydrogen) atoms. The Labute approximate surface area is 127 Å². The zero-order chi connectivity index (χ0) is 14.0. The monoisotopic (exact) mass is 389 g/mol. The van der Waals surface area contributed by atoms with E-state index in [2.05, 4.69) is 37.2 Å². The number of benzene rings is 2. The second-order valence-electron chi connectivity index (χ2n) is 4.16. The summed E-state index contributed by atoms with van der Waals surface area (Å²) in [5, 5.41) is 3.07. The maximum atomic E-state index is 13.8. The fourth-order valence-electron chi connectivity index (χ4n) is 1.77. The van der Waals surface area contributed by atoms with E-state index in [1.165, 1.54) is 12.1 Å². The van der Waals surface area contributed by atoms with Crippen LogP contribution in [-0.4, -0.2) is 0 Å². The first-order valence-electron chi connectivity index (χ1n) is 5.64. The topological polar surface area (TPSA) is 12.0 Å². The van der Waals surface area contributed by atoms with E-state index in [-0.39, 0.29) is 17.7 Å². The third-order valence-corrected chi connectivity index (χ3v) is 3.87. The molecule has 100 valence electrons. The molecule has 0 fully saturated rings. The van der Waals surface area contributed by atoms with Crippen LogP contribution in [0.1, 0.15) is 18.5 Å². The second kappa shape index (κ2) is 6.01. The van der Waals surface area contributed by atoms with Crippen molar-refractivity contribution in [2.45, 2.75) is 13.0 Å². The lowest BCUT2D eigenvalue weighted by atomic mass is 10.1. The van der Waals surface area contributed by atoms with E-state index in [0.29, 0.717) is 20.2 Å². The molecule has 0 saturated carbocycles. The molecule has 0 spiro atoms. The van der Waals surface area contributed by atoms with Crippen LogP contribution in [0.2, 0.25) is 0 Å². The van der Waals surface area contributed by atoms with Crippen molar-refractivity contribution in [3.05, 3.63) is 62.5 Å². The fraction of sp³-hybridized carbons (Fsp3) is 0.143. The van der Waals surface area contributed by atoms with Gasteiger partial charge in [-0.05, 0) is 53.2 Å². The highest BCUT2D eigenvalue weighted by Gasteiger charge is 2.11. The van der Waals surface area contributed by atoms with Crippen LogP contribution < -0.4 is 5.32 Å². The summed E-state index contributed by atoms with van der Waals surface area (Å²) in [4.78, 5) is 0. The molecule has 0 amide bonds. The van der Waals surface area contributed by atoms with E-state index in [1.54, 1.807) is 24.3 Å². The van der Waals surface area contributed by atoms with Gasteiger partial charge in [0.2, 0.25) is 0 Å². The zero-order valence-corrected chi connectivity index (χ0v) is 13.2. The van der Waals surface area contributed by atoms with Gasteiger partial charge < -0.3 is 5.32 Å². The summed E-state index contributed by atoms with van der Waals surface area (Å²) in [5.74, 6) is -0.652. The van der Waals surface area contributed by atoms with Gasteiger partial charge in [-0.25, -0.2) is 8.78 Å². The van der Waals surface area contributed by atoms with E-state index in [0.717, 1.165) is 0 Å². The number of hydrogen-bond donors (Lipinski definition) is 1.